The molecular weight excluding hydrogens is 265 g/mol. The van der Waals surface area contributed by atoms with E-state index in [4.69, 9.17) is 4.74 Å². The lowest BCUT2D eigenvalue weighted by Gasteiger charge is -2.18. The Kier molecular flexibility index (Phi) is 5.00. The Morgan fingerprint density at radius 2 is 1.26 bits per heavy atom. The van der Waals surface area contributed by atoms with Gasteiger partial charge in [0, 0.05) is 7.11 Å². The summed E-state index contributed by atoms with van der Waals surface area (Å²) in [4.78, 5) is 0. The van der Waals surface area contributed by atoms with Crippen LogP contribution in [-0.4, -0.2) is 19.9 Å². The molecule has 100 valence electrons. The van der Waals surface area contributed by atoms with Gasteiger partial charge in [0.2, 0.25) is 0 Å². The fourth-order valence-electron chi connectivity index (χ4n) is 1.83. The summed E-state index contributed by atoms with van der Waals surface area (Å²) in [7, 11) is 1.02. The van der Waals surface area contributed by atoms with Gasteiger partial charge in [0.1, 0.15) is 11.6 Å². The molecule has 0 aliphatic heterocycles. The first kappa shape index (κ1) is 14.1. The number of hydrogen-bond acceptors (Lipinski definition) is 1. The molecule has 2 rings (SSSR count). The van der Waals surface area contributed by atoms with E-state index in [1.165, 1.54) is 24.3 Å². The molecule has 0 saturated heterocycles. The Balaban J connectivity index is 2.29. The molecule has 2 aromatic carbocycles. The monoisotopic (exact) mass is 280 g/mol. The summed E-state index contributed by atoms with van der Waals surface area (Å²) in [5.41, 5.74) is 0. The van der Waals surface area contributed by atoms with E-state index in [-0.39, 0.29) is 11.6 Å². The highest BCUT2D eigenvalue weighted by atomic mass is 31.1. The van der Waals surface area contributed by atoms with E-state index < -0.39 is 7.92 Å². The first-order valence-corrected chi connectivity index (χ1v) is 7.51. The van der Waals surface area contributed by atoms with E-state index in [9.17, 15) is 8.78 Å². The van der Waals surface area contributed by atoms with E-state index in [0.29, 0.717) is 6.61 Å². The first-order chi connectivity index (χ1) is 9.20. The van der Waals surface area contributed by atoms with E-state index in [0.717, 1.165) is 16.8 Å². The molecule has 0 unspecified atom stereocenters. The van der Waals surface area contributed by atoms with Crippen molar-refractivity contribution < 1.29 is 13.5 Å². The molecule has 0 spiro atoms. The average Bonchev–Trinajstić information content (AvgIpc) is 2.43. The SMILES string of the molecule is COCCP(c1ccc(F)cc1)c1ccc(F)cc1. The third-order valence-electron chi connectivity index (χ3n) is 2.80. The Labute approximate surface area is 113 Å². The second kappa shape index (κ2) is 6.74. The summed E-state index contributed by atoms with van der Waals surface area (Å²) in [6.07, 6.45) is 0.836. The predicted octanol–water partition coefficient (Wildman–Crippen LogP) is 3.04. The molecule has 2 aromatic rings. The minimum Gasteiger partial charge on any atom is -0.384 e. The van der Waals surface area contributed by atoms with Crippen LogP contribution in [0, 0.1) is 11.6 Å². The van der Waals surface area contributed by atoms with Crippen LogP contribution in [0.15, 0.2) is 48.5 Å². The Bertz CT molecular complexity index is 465. The van der Waals surface area contributed by atoms with Crippen molar-refractivity contribution in [2.24, 2.45) is 0 Å². The molecule has 0 bridgehead atoms. The Morgan fingerprint density at radius 1 is 0.842 bits per heavy atom. The molecule has 0 aliphatic rings. The van der Waals surface area contributed by atoms with Gasteiger partial charge in [-0.25, -0.2) is 8.78 Å². The zero-order valence-corrected chi connectivity index (χ0v) is 11.5. The predicted molar refractivity (Wildman–Crippen MR) is 75.7 cm³/mol. The highest BCUT2D eigenvalue weighted by molar-refractivity contribution is 7.73. The quantitative estimate of drug-likeness (QED) is 0.765. The van der Waals surface area contributed by atoms with Gasteiger partial charge in [0.25, 0.3) is 0 Å². The number of benzene rings is 2. The molecule has 4 heteroatoms. The molecule has 0 fully saturated rings. The van der Waals surface area contributed by atoms with Crippen LogP contribution in [0.3, 0.4) is 0 Å². The van der Waals surface area contributed by atoms with Crippen molar-refractivity contribution in [1.82, 2.24) is 0 Å². The van der Waals surface area contributed by atoms with Gasteiger partial charge in [-0.15, -0.1) is 0 Å². The topological polar surface area (TPSA) is 9.23 Å². The molecular formula is C15H15F2OP. The van der Waals surface area contributed by atoms with Crippen LogP contribution in [0.2, 0.25) is 0 Å². The Morgan fingerprint density at radius 3 is 1.63 bits per heavy atom. The van der Waals surface area contributed by atoms with Crippen molar-refractivity contribution in [3.8, 4) is 0 Å². The van der Waals surface area contributed by atoms with Crippen molar-refractivity contribution >= 4 is 18.5 Å². The highest BCUT2D eigenvalue weighted by Gasteiger charge is 2.13. The molecule has 0 heterocycles. The fraction of sp³-hybridized carbons (Fsp3) is 0.200. The molecule has 0 aromatic heterocycles. The van der Waals surface area contributed by atoms with Crippen LogP contribution < -0.4 is 10.6 Å². The molecule has 0 saturated carbocycles. The van der Waals surface area contributed by atoms with Gasteiger partial charge in [-0.1, -0.05) is 24.3 Å². The van der Waals surface area contributed by atoms with Crippen LogP contribution in [0.1, 0.15) is 0 Å². The zero-order chi connectivity index (χ0) is 13.7. The summed E-state index contributed by atoms with van der Waals surface area (Å²) in [6.45, 7) is 0.625. The van der Waals surface area contributed by atoms with Gasteiger partial charge >= 0.3 is 0 Å². The van der Waals surface area contributed by atoms with Crippen molar-refractivity contribution in [2.75, 3.05) is 19.9 Å². The fourth-order valence-corrected chi connectivity index (χ4v) is 4.03. The molecule has 0 amide bonds. The molecule has 0 atom stereocenters. The van der Waals surface area contributed by atoms with Gasteiger partial charge in [0.15, 0.2) is 0 Å². The standard InChI is InChI=1S/C15H15F2OP/c1-18-10-11-19(14-6-2-12(16)3-7-14)15-8-4-13(17)5-9-15/h2-9H,10-11H2,1H3. The molecule has 0 aliphatic carbocycles. The number of ether oxygens (including phenoxy) is 1. The van der Waals surface area contributed by atoms with Crippen molar-refractivity contribution in [1.29, 1.82) is 0 Å². The minimum absolute atomic E-state index is 0.246. The van der Waals surface area contributed by atoms with E-state index in [1.807, 2.05) is 0 Å². The lowest BCUT2D eigenvalue weighted by Crippen LogP contribution is -2.16. The molecule has 1 nitrogen and oxygen atoms in total. The summed E-state index contributed by atoms with van der Waals surface area (Å²) in [5, 5.41) is 2.14. The van der Waals surface area contributed by atoms with Crippen molar-refractivity contribution in [3.05, 3.63) is 60.2 Å². The van der Waals surface area contributed by atoms with Gasteiger partial charge in [-0.2, -0.15) is 0 Å². The van der Waals surface area contributed by atoms with Crippen LogP contribution >= 0.6 is 7.92 Å². The summed E-state index contributed by atoms with van der Waals surface area (Å²) in [5.74, 6) is -0.492. The van der Waals surface area contributed by atoms with Gasteiger partial charge in [0.05, 0.1) is 6.61 Å². The first-order valence-electron chi connectivity index (χ1n) is 5.98. The van der Waals surface area contributed by atoms with Gasteiger partial charge in [-0.05, 0) is 49.0 Å². The second-order valence-corrected chi connectivity index (χ2v) is 6.43. The van der Waals surface area contributed by atoms with E-state index >= 15 is 0 Å². The number of methoxy groups -OCH3 is 1. The van der Waals surface area contributed by atoms with Crippen molar-refractivity contribution in [2.45, 2.75) is 0 Å². The average molecular weight is 280 g/mol. The number of hydrogen-bond donors (Lipinski definition) is 0. The molecule has 0 N–H and O–H groups in total. The van der Waals surface area contributed by atoms with Crippen LogP contribution in [-0.2, 0) is 4.74 Å². The zero-order valence-electron chi connectivity index (χ0n) is 10.6. The third-order valence-corrected chi connectivity index (χ3v) is 5.27. The summed E-state index contributed by atoms with van der Waals surface area (Å²) >= 11 is 0. The Hall–Kier alpha value is -1.31. The van der Waals surface area contributed by atoms with Gasteiger partial charge in [-0.3, -0.25) is 0 Å². The normalized spacial score (nSPS) is 10.9. The van der Waals surface area contributed by atoms with Crippen molar-refractivity contribution in [3.63, 3.8) is 0 Å². The summed E-state index contributed by atoms with van der Waals surface area (Å²) < 4.78 is 31.1. The third kappa shape index (κ3) is 3.82. The lowest BCUT2D eigenvalue weighted by molar-refractivity contribution is 0.218. The highest BCUT2D eigenvalue weighted by Crippen LogP contribution is 2.33. The maximum atomic E-state index is 13.0. The smallest absolute Gasteiger partial charge is 0.123 e. The maximum absolute atomic E-state index is 13.0. The van der Waals surface area contributed by atoms with Gasteiger partial charge < -0.3 is 4.74 Å². The van der Waals surface area contributed by atoms with E-state index in [1.54, 1.807) is 31.4 Å². The maximum Gasteiger partial charge on any atom is 0.123 e. The number of halogens is 2. The van der Waals surface area contributed by atoms with Crippen LogP contribution in [0.4, 0.5) is 8.78 Å². The number of rotatable bonds is 5. The van der Waals surface area contributed by atoms with Crippen LogP contribution in [0.5, 0.6) is 0 Å². The summed E-state index contributed by atoms with van der Waals surface area (Å²) in [6, 6.07) is 13.0. The minimum atomic E-state index is -0.640. The molecule has 19 heavy (non-hydrogen) atoms. The lowest BCUT2D eigenvalue weighted by atomic mass is 10.3. The molecule has 0 radical (unpaired) electrons. The second-order valence-electron chi connectivity index (χ2n) is 4.10. The van der Waals surface area contributed by atoms with E-state index in [2.05, 4.69) is 0 Å². The largest absolute Gasteiger partial charge is 0.384 e. The van der Waals surface area contributed by atoms with Crippen LogP contribution in [0.25, 0.3) is 0 Å².